The van der Waals surface area contributed by atoms with Crippen molar-refractivity contribution < 1.29 is 22.7 Å². The maximum atomic E-state index is 12.6. The largest absolute Gasteiger partial charge is 0.477 e. The van der Waals surface area contributed by atoms with Gasteiger partial charge in [0.05, 0.1) is 31.1 Å². The summed E-state index contributed by atoms with van der Waals surface area (Å²) in [6.07, 6.45) is 3.26. The molecule has 24 heavy (non-hydrogen) atoms. The summed E-state index contributed by atoms with van der Waals surface area (Å²) in [6, 6.07) is 2.53. The van der Waals surface area contributed by atoms with Crippen LogP contribution < -0.4 is 14.8 Å². The minimum Gasteiger partial charge on any atom is -0.477 e. The van der Waals surface area contributed by atoms with Gasteiger partial charge in [-0.25, -0.2) is 18.1 Å². The standard InChI is InChI=1S/C15H21N3O5S/c1-3-22-15-10(5-4-7-16-15)14(19)17-11-9-6-8-23-13(9)12(11)18-24(2,20)21/h4-5,7,9,11-13,18H,3,6,8H2,1-2H3,(H,17,19)/t9-,11+,12-,13-/m0/s1. The van der Waals surface area contributed by atoms with Crippen LogP contribution in [0.5, 0.6) is 5.88 Å². The van der Waals surface area contributed by atoms with Crippen LogP contribution in [0.3, 0.4) is 0 Å². The van der Waals surface area contributed by atoms with Crippen molar-refractivity contribution in [3.05, 3.63) is 23.9 Å². The van der Waals surface area contributed by atoms with Crippen LogP contribution in [0.4, 0.5) is 0 Å². The van der Waals surface area contributed by atoms with Crippen LogP contribution >= 0.6 is 0 Å². The van der Waals surface area contributed by atoms with Crippen LogP contribution in [0, 0.1) is 5.92 Å². The van der Waals surface area contributed by atoms with E-state index >= 15 is 0 Å². The Hall–Kier alpha value is -1.71. The summed E-state index contributed by atoms with van der Waals surface area (Å²) in [7, 11) is -3.39. The molecule has 1 saturated carbocycles. The first-order valence-corrected chi connectivity index (χ1v) is 9.77. The maximum absolute atomic E-state index is 12.6. The fourth-order valence-corrected chi connectivity index (χ4v) is 4.11. The molecule has 1 aliphatic carbocycles. The second kappa shape index (κ2) is 6.66. The highest BCUT2D eigenvalue weighted by Crippen LogP contribution is 2.39. The lowest BCUT2D eigenvalue weighted by atomic mass is 9.72. The molecular weight excluding hydrogens is 334 g/mol. The number of carbonyl (C=O) groups is 1. The average Bonchev–Trinajstić information content (AvgIpc) is 2.95. The van der Waals surface area contributed by atoms with Crippen LogP contribution in [0.2, 0.25) is 0 Å². The van der Waals surface area contributed by atoms with Crippen LogP contribution in [0.25, 0.3) is 0 Å². The molecule has 2 N–H and O–H groups in total. The van der Waals surface area contributed by atoms with E-state index in [1.807, 2.05) is 6.92 Å². The number of nitrogens with zero attached hydrogens (tertiary/aromatic N) is 1. The number of fused-ring (bicyclic) bond motifs is 1. The van der Waals surface area contributed by atoms with Crippen molar-refractivity contribution in [1.82, 2.24) is 15.0 Å². The molecule has 1 saturated heterocycles. The molecule has 1 aliphatic heterocycles. The van der Waals surface area contributed by atoms with Gasteiger partial charge in [-0.15, -0.1) is 0 Å². The van der Waals surface area contributed by atoms with Gasteiger partial charge in [-0.3, -0.25) is 4.79 Å². The van der Waals surface area contributed by atoms with Gasteiger partial charge in [0.2, 0.25) is 15.9 Å². The molecule has 0 bridgehead atoms. The number of rotatable bonds is 6. The Labute approximate surface area is 141 Å². The van der Waals surface area contributed by atoms with Crippen LogP contribution in [-0.4, -0.2) is 57.0 Å². The Morgan fingerprint density at radius 1 is 1.46 bits per heavy atom. The zero-order valence-corrected chi connectivity index (χ0v) is 14.4. The number of carbonyl (C=O) groups excluding carboxylic acids is 1. The molecule has 0 aromatic carbocycles. The van der Waals surface area contributed by atoms with E-state index in [0.717, 1.165) is 12.7 Å². The topological polar surface area (TPSA) is 107 Å². The molecule has 4 atom stereocenters. The fraction of sp³-hybridized carbons (Fsp3) is 0.600. The predicted octanol–water partition coefficient (Wildman–Crippen LogP) is -0.0848. The smallest absolute Gasteiger partial charge is 0.257 e. The van der Waals surface area contributed by atoms with Crippen molar-refractivity contribution >= 4 is 15.9 Å². The van der Waals surface area contributed by atoms with E-state index in [4.69, 9.17) is 9.47 Å². The molecule has 0 radical (unpaired) electrons. The Balaban J connectivity index is 1.75. The van der Waals surface area contributed by atoms with Gasteiger partial charge in [0.15, 0.2) is 0 Å². The number of hydrogen-bond acceptors (Lipinski definition) is 6. The fourth-order valence-electron chi connectivity index (χ4n) is 3.34. The number of nitrogens with one attached hydrogen (secondary N) is 2. The second-order valence-corrected chi connectivity index (χ2v) is 7.77. The van der Waals surface area contributed by atoms with Gasteiger partial charge in [-0.05, 0) is 25.5 Å². The Morgan fingerprint density at radius 2 is 2.25 bits per heavy atom. The molecule has 132 valence electrons. The summed E-state index contributed by atoms with van der Waals surface area (Å²) in [4.78, 5) is 16.7. The third-order valence-electron chi connectivity index (χ3n) is 4.33. The van der Waals surface area contributed by atoms with Gasteiger partial charge in [0.25, 0.3) is 5.91 Å². The lowest BCUT2D eigenvalue weighted by molar-refractivity contribution is -0.0194. The lowest BCUT2D eigenvalue weighted by Crippen LogP contribution is -2.70. The number of pyridine rings is 1. The maximum Gasteiger partial charge on any atom is 0.257 e. The number of ether oxygens (including phenoxy) is 2. The molecule has 0 spiro atoms. The summed E-state index contributed by atoms with van der Waals surface area (Å²) in [5.41, 5.74) is 0.333. The molecule has 1 aromatic rings. The Morgan fingerprint density at radius 3 is 2.96 bits per heavy atom. The van der Waals surface area contributed by atoms with Crippen molar-refractivity contribution in [2.75, 3.05) is 19.5 Å². The molecule has 2 aliphatic rings. The molecule has 8 nitrogen and oxygen atoms in total. The highest BCUT2D eigenvalue weighted by molar-refractivity contribution is 7.88. The van der Waals surface area contributed by atoms with E-state index in [-0.39, 0.29) is 29.9 Å². The van der Waals surface area contributed by atoms with Gasteiger partial charge in [-0.2, -0.15) is 0 Å². The summed E-state index contributed by atoms with van der Waals surface area (Å²) < 4.78 is 36.6. The van der Waals surface area contributed by atoms with E-state index < -0.39 is 16.1 Å². The first-order valence-electron chi connectivity index (χ1n) is 7.88. The van der Waals surface area contributed by atoms with Crippen LogP contribution in [0.15, 0.2) is 18.3 Å². The number of hydrogen-bond donors (Lipinski definition) is 2. The zero-order chi connectivity index (χ0) is 17.3. The highest BCUT2D eigenvalue weighted by atomic mass is 32.2. The molecule has 1 amide bonds. The molecule has 2 fully saturated rings. The summed E-state index contributed by atoms with van der Waals surface area (Å²) in [5, 5.41) is 2.91. The van der Waals surface area contributed by atoms with Crippen molar-refractivity contribution in [2.24, 2.45) is 5.92 Å². The quantitative estimate of drug-likeness (QED) is 0.739. The molecule has 2 heterocycles. The highest BCUT2D eigenvalue weighted by Gasteiger charge is 2.55. The second-order valence-electron chi connectivity index (χ2n) is 5.99. The number of sulfonamides is 1. The van der Waals surface area contributed by atoms with Crippen molar-refractivity contribution in [2.45, 2.75) is 31.5 Å². The van der Waals surface area contributed by atoms with E-state index in [1.54, 1.807) is 18.3 Å². The Bertz CT molecular complexity index is 724. The van der Waals surface area contributed by atoms with Crippen molar-refractivity contribution in [3.8, 4) is 5.88 Å². The minimum absolute atomic E-state index is 0.111. The van der Waals surface area contributed by atoms with Gasteiger partial charge in [-0.1, -0.05) is 0 Å². The Kier molecular flexibility index (Phi) is 4.75. The summed E-state index contributed by atoms with van der Waals surface area (Å²) in [5.74, 6) is 0.0475. The van der Waals surface area contributed by atoms with E-state index in [2.05, 4.69) is 15.0 Å². The van der Waals surface area contributed by atoms with Crippen LogP contribution in [-0.2, 0) is 14.8 Å². The monoisotopic (exact) mass is 355 g/mol. The van der Waals surface area contributed by atoms with Crippen molar-refractivity contribution in [1.29, 1.82) is 0 Å². The van der Waals surface area contributed by atoms with E-state index in [0.29, 0.717) is 18.8 Å². The average molecular weight is 355 g/mol. The van der Waals surface area contributed by atoms with Gasteiger partial charge in [0.1, 0.15) is 5.56 Å². The third-order valence-corrected chi connectivity index (χ3v) is 5.03. The molecule has 9 heteroatoms. The summed E-state index contributed by atoms with van der Waals surface area (Å²) in [6.45, 7) is 2.78. The number of amides is 1. The lowest BCUT2D eigenvalue weighted by Gasteiger charge is -2.47. The molecular formula is C15H21N3O5S. The first kappa shape index (κ1) is 17.1. The first-order chi connectivity index (χ1) is 11.4. The van der Waals surface area contributed by atoms with E-state index in [1.165, 1.54) is 0 Å². The predicted molar refractivity (Wildman–Crippen MR) is 86.3 cm³/mol. The molecule has 1 aromatic heterocycles. The summed E-state index contributed by atoms with van der Waals surface area (Å²) >= 11 is 0. The molecule has 0 unspecified atom stereocenters. The molecule has 3 rings (SSSR count). The van der Waals surface area contributed by atoms with Crippen molar-refractivity contribution in [3.63, 3.8) is 0 Å². The van der Waals surface area contributed by atoms with Gasteiger partial charge < -0.3 is 14.8 Å². The third kappa shape index (κ3) is 3.38. The zero-order valence-electron chi connectivity index (χ0n) is 13.6. The van der Waals surface area contributed by atoms with Crippen LogP contribution in [0.1, 0.15) is 23.7 Å². The normalized spacial score (nSPS) is 28.8. The van der Waals surface area contributed by atoms with E-state index in [9.17, 15) is 13.2 Å². The van der Waals surface area contributed by atoms with Gasteiger partial charge >= 0.3 is 0 Å². The SMILES string of the molecule is CCOc1ncccc1C(=O)N[C@@H]1[C@@H]2CCO[C@@H]2[C@H]1NS(C)(=O)=O. The van der Waals surface area contributed by atoms with Gasteiger partial charge in [0, 0.05) is 18.7 Å². The minimum atomic E-state index is -3.39. The number of aromatic nitrogens is 1.